The first kappa shape index (κ1) is 16.9. The van der Waals surface area contributed by atoms with Crippen molar-refractivity contribution >= 4 is 11.8 Å². The molecule has 9 nitrogen and oxygen atoms in total. The number of Topliss-reactive ketones (excluding diaryl/α,β-unsaturated/α-hetero) is 1. The number of aliphatic carboxylic acids is 1. The van der Waals surface area contributed by atoms with Gasteiger partial charge >= 0.3 is 5.97 Å². The average molecular weight is 268 g/mol. The zero-order valence-electron chi connectivity index (χ0n) is 9.25. The van der Waals surface area contributed by atoms with Gasteiger partial charge in [0.05, 0.1) is 6.61 Å². The van der Waals surface area contributed by atoms with Gasteiger partial charge in [0.1, 0.15) is 24.4 Å². The van der Waals surface area contributed by atoms with E-state index in [1.165, 1.54) is 0 Å². The van der Waals surface area contributed by atoms with Crippen molar-refractivity contribution in [1.29, 1.82) is 0 Å². The van der Waals surface area contributed by atoms with Crippen LogP contribution in [0.3, 0.4) is 0 Å². The highest BCUT2D eigenvalue weighted by Crippen LogP contribution is 2.08. The number of carbonyl (C=O) groups excluding carboxylic acids is 1. The molecule has 9 heteroatoms. The number of carboxylic acids is 1. The number of ketones is 1. The van der Waals surface area contributed by atoms with Gasteiger partial charge in [-0.1, -0.05) is 0 Å². The highest BCUT2D eigenvalue weighted by Gasteiger charge is 2.35. The zero-order chi connectivity index (χ0) is 14.5. The lowest BCUT2D eigenvalue weighted by molar-refractivity contribution is -0.154. The highest BCUT2D eigenvalue weighted by atomic mass is 16.4. The van der Waals surface area contributed by atoms with Gasteiger partial charge in [-0.25, -0.2) is 4.79 Å². The molecular formula is C9H16O9. The summed E-state index contributed by atoms with van der Waals surface area (Å²) in [5, 5.41) is 62.3. The van der Waals surface area contributed by atoms with Crippen molar-refractivity contribution in [2.24, 2.45) is 0 Å². The van der Waals surface area contributed by atoms with Crippen LogP contribution in [-0.4, -0.2) is 84.6 Å². The van der Waals surface area contributed by atoms with E-state index < -0.39 is 55.3 Å². The fourth-order valence-corrected chi connectivity index (χ4v) is 1.11. The van der Waals surface area contributed by atoms with Crippen LogP contribution < -0.4 is 0 Å². The monoisotopic (exact) mass is 268 g/mol. The summed E-state index contributed by atoms with van der Waals surface area (Å²) in [5.41, 5.74) is 0. The standard InChI is InChI=1S/C9H16O9/c10-2-5(13)7(15)8(16)6(14)3(11)1-4(12)9(17)18/h3-5,7-8,10-13,15-16H,1-2H2,(H,17,18)/t3?,4?,5-,7-,8-/m1/s1. The molecular weight excluding hydrogens is 252 g/mol. The maximum Gasteiger partial charge on any atom is 0.332 e. The molecule has 0 radical (unpaired) electrons. The number of aliphatic hydroxyl groups excluding tert-OH is 6. The predicted molar refractivity (Wildman–Crippen MR) is 54.4 cm³/mol. The topological polar surface area (TPSA) is 176 Å². The van der Waals surface area contributed by atoms with Gasteiger partial charge in [0.15, 0.2) is 11.9 Å². The summed E-state index contributed by atoms with van der Waals surface area (Å²) in [7, 11) is 0. The van der Waals surface area contributed by atoms with Gasteiger partial charge in [0.25, 0.3) is 0 Å². The van der Waals surface area contributed by atoms with Crippen LogP contribution in [0.15, 0.2) is 0 Å². The van der Waals surface area contributed by atoms with Gasteiger partial charge in [-0.15, -0.1) is 0 Å². The second-order valence-electron chi connectivity index (χ2n) is 3.69. The first-order valence-corrected chi connectivity index (χ1v) is 5.00. The fourth-order valence-electron chi connectivity index (χ4n) is 1.11. The van der Waals surface area contributed by atoms with E-state index in [0.717, 1.165) is 0 Å². The van der Waals surface area contributed by atoms with E-state index in [4.69, 9.17) is 20.4 Å². The van der Waals surface area contributed by atoms with Gasteiger partial charge in [0.2, 0.25) is 0 Å². The van der Waals surface area contributed by atoms with Crippen molar-refractivity contribution in [3.63, 3.8) is 0 Å². The number of hydrogen-bond donors (Lipinski definition) is 7. The Morgan fingerprint density at radius 2 is 1.44 bits per heavy atom. The molecule has 18 heavy (non-hydrogen) atoms. The normalized spacial score (nSPS) is 19.7. The van der Waals surface area contributed by atoms with Gasteiger partial charge in [-0.2, -0.15) is 0 Å². The van der Waals surface area contributed by atoms with E-state index in [0.29, 0.717) is 0 Å². The fraction of sp³-hybridized carbons (Fsp3) is 0.778. The molecule has 0 bridgehead atoms. The Hall–Kier alpha value is -1.10. The third kappa shape index (κ3) is 4.64. The average Bonchev–Trinajstić information content (AvgIpc) is 2.34. The lowest BCUT2D eigenvalue weighted by atomic mass is 9.98. The minimum atomic E-state index is -2.21. The summed E-state index contributed by atoms with van der Waals surface area (Å²) in [6.07, 6.45) is -10.9. The molecule has 0 aliphatic carbocycles. The van der Waals surface area contributed by atoms with Crippen LogP contribution in [0.1, 0.15) is 6.42 Å². The zero-order valence-corrected chi connectivity index (χ0v) is 9.25. The summed E-state index contributed by atoms with van der Waals surface area (Å²) in [4.78, 5) is 21.6. The Morgan fingerprint density at radius 1 is 0.944 bits per heavy atom. The quantitative estimate of drug-likeness (QED) is 0.230. The largest absolute Gasteiger partial charge is 0.479 e. The minimum Gasteiger partial charge on any atom is -0.479 e. The summed E-state index contributed by atoms with van der Waals surface area (Å²) < 4.78 is 0. The van der Waals surface area contributed by atoms with Crippen LogP contribution in [0.25, 0.3) is 0 Å². The van der Waals surface area contributed by atoms with Crippen LogP contribution in [0.2, 0.25) is 0 Å². The Bertz CT molecular complexity index is 292. The van der Waals surface area contributed by atoms with Crippen molar-refractivity contribution in [1.82, 2.24) is 0 Å². The molecule has 0 aromatic heterocycles. The van der Waals surface area contributed by atoms with Crippen molar-refractivity contribution in [3.8, 4) is 0 Å². The molecule has 0 saturated carbocycles. The van der Waals surface area contributed by atoms with Crippen LogP contribution in [0.4, 0.5) is 0 Å². The van der Waals surface area contributed by atoms with Crippen molar-refractivity contribution < 1.29 is 45.3 Å². The van der Waals surface area contributed by atoms with Gasteiger partial charge in [0, 0.05) is 6.42 Å². The predicted octanol–water partition coefficient (Wildman–Crippen LogP) is -4.17. The van der Waals surface area contributed by atoms with Gasteiger partial charge in [-0.05, 0) is 0 Å². The van der Waals surface area contributed by atoms with E-state index in [1.807, 2.05) is 0 Å². The van der Waals surface area contributed by atoms with E-state index in [9.17, 15) is 24.9 Å². The van der Waals surface area contributed by atoms with Gasteiger partial charge < -0.3 is 35.7 Å². The molecule has 0 aromatic carbocycles. The number of hydrogen-bond acceptors (Lipinski definition) is 8. The minimum absolute atomic E-state index is 0.868. The van der Waals surface area contributed by atoms with E-state index in [2.05, 4.69) is 0 Å². The molecule has 0 saturated heterocycles. The highest BCUT2D eigenvalue weighted by molar-refractivity contribution is 5.88. The lowest BCUT2D eigenvalue weighted by Gasteiger charge is -2.22. The van der Waals surface area contributed by atoms with Crippen LogP contribution >= 0.6 is 0 Å². The first-order valence-electron chi connectivity index (χ1n) is 5.00. The second-order valence-corrected chi connectivity index (χ2v) is 3.69. The van der Waals surface area contributed by atoms with Crippen molar-refractivity contribution in [2.75, 3.05) is 6.61 Å². The second kappa shape index (κ2) is 7.36. The molecule has 7 N–H and O–H groups in total. The smallest absolute Gasteiger partial charge is 0.332 e. The number of rotatable bonds is 8. The Labute approximate surface area is 102 Å². The molecule has 0 spiro atoms. The molecule has 0 fully saturated rings. The Morgan fingerprint density at radius 3 is 1.83 bits per heavy atom. The number of aliphatic hydroxyl groups is 6. The molecule has 0 aliphatic rings. The third-order valence-electron chi connectivity index (χ3n) is 2.26. The van der Waals surface area contributed by atoms with E-state index in [1.54, 1.807) is 0 Å². The van der Waals surface area contributed by atoms with E-state index in [-0.39, 0.29) is 0 Å². The first-order chi connectivity index (χ1) is 8.22. The lowest BCUT2D eigenvalue weighted by Crippen LogP contribution is -2.48. The number of carboxylic acid groups (broad SMARTS) is 1. The van der Waals surface area contributed by atoms with Crippen LogP contribution in [0.5, 0.6) is 0 Å². The Balaban J connectivity index is 4.49. The molecule has 2 unspecified atom stereocenters. The summed E-state index contributed by atoms with van der Waals surface area (Å²) >= 11 is 0. The molecule has 0 amide bonds. The SMILES string of the molecule is O=C(O)C(O)CC(O)C(=O)[C@@H](O)[C@H](O)[C@H](O)CO. The molecule has 0 heterocycles. The van der Waals surface area contributed by atoms with Crippen LogP contribution in [-0.2, 0) is 9.59 Å². The Kier molecular flexibility index (Phi) is 6.91. The molecule has 0 aliphatic heterocycles. The number of carbonyl (C=O) groups is 2. The summed E-state index contributed by atoms with van der Waals surface area (Å²) in [5.74, 6) is -3.03. The maximum absolute atomic E-state index is 11.3. The van der Waals surface area contributed by atoms with Gasteiger partial charge in [-0.3, -0.25) is 4.79 Å². The van der Waals surface area contributed by atoms with Crippen LogP contribution in [0, 0.1) is 0 Å². The maximum atomic E-state index is 11.3. The molecule has 0 rings (SSSR count). The van der Waals surface area contributed by atoms with Crippen molar-refractivity contribution in [3.05, 3.63) is 0 Å². The summed E-state index contributed by atoms with van der Waals surface area (Å²) in [6.45, 7) is -0.917. The molecule has 0 aromatic rings. The molecule has 106 valence electrons. The molecule has 5 atom stereocenters. The third-order valence-corrected chi connectivity index (χ3v) is 2.26. The summed E-state index contributed by atoms with van der Waals surface area (Å²) in [6, 6.07) is 0. The van der Waals surface area contributed by atoms with E-state index >= 15 is 0 Å². The van der Waals surface area contributed by atoms with Crippen molar-refractivity contribution in [2.45, 2.75) is 36.9 Å².